The van der Waals surface area contributed by atoms with E-state index in [9.17, 15) is 19.2 Å². The number of rotatable bonds is 10. The molecule has 0 aliphatic carbocycles. The van der Waals surface area contributed by atoms with Crippen molar-refractivity contribution in [2.75, 3.05) is 13.2 Å². The molecule has 32 heavy (non-hydrogen) atoms. The molecule has 0 fully saturated rings. The van der Waals surface area contributed by atoms with E-state index >= 15 is 0 Å². The summed E-state index contributed by atoms with van der Waals surface area (Å²) in [5.41, 5.74) is 7.04. The monoisotopic (exact) mass is 446 g/mol. The van der Waals surface area contributed by atoms with E-state index in [4.69, 9.17) is 10.5 Å². The van der Waals surface area contributed by atoms with Crippen LogP contribution in [0.1, 0.15) is 31.0 Å². The van der Waals surface area contributed by atoms with Crippen molar-refractivity contribution in [3.8, 4) is 0 Å². The first-order chi connectivity index (χ1) is 15.4. The van der Waals surface area contributed by atoms with Gasteiger partial charge in [-0.3, -0.25) is 4.79 Å². The van der Waals surface area contributed by atoms with Gasteiger partial charge in [-0.25, -0.2) is 23.9 Å². The maximum Gasteiger partial charge on any atom is 0.516 e. The Bertz CT molecular complexity index is 914. The molecule has 3 N–H and O–H groups in total. The van der Waals surface area contributed by atoms with Gasteiger partial charge in [-0.2, -0.15) is 0 Å². The summed E-state index contributed by atoms with van der Waals surface area (Å²) >= 11 is 0. The molecule has 2 rings (SSSR count). The highest BCUT2D eigenvalue weighted by Crippen LogP contribution is 2.05. The van der Waals surface area contributed by atoms with E-state index in [1.165, 1.54) is 12.5 Å². The van der Waals surface area contributed by atoms with Gasteiger partial charge in [0.25, 0.3) is 0 Å². The molecule has 0 spiro atoms. The van der Waals surface area contributed by atoms with Crippen LogP contribution in [0.25, 0.3) is 0 Å². The Kier molecular flexibility index (Phi) is 9.85. The highest BCUT2D eigenvalue weighted by atomic mass is 16.7. The molecule has 0 saturated carbocycles. The van der Waals surface area contributed by atoms with Crippen LogP contribution in [-0.4, -0.2) is 52.9 Å². The third kappa shape index (κ3) is 8.56. The van der Waals surface area contributed by atoms with Crippen molar-refractivity contribution < 1.29 is 33.4 Å². The lowest BCUT2D eigenvalue weighted by atomic mass is 10.1. The van der Waals surface area contributed by atoms with Gasteiger partial charge >= 0.3 is 18.2 Å². The first-order valence-electron chi connectivity index (χ1n) is 10.0. The molecule has 11 heteroatoms. The lowest BCUT2D eigenvalue weighted by Gasteiger charge is -2.10. The summed E-state index contributed by atoms with van der Waals surface area (Å²) in [4.78, 5) is 51.0. The number of carbonyl (C=O) groups is 4. The zero-order valence-electron chi connectivity index (χ0n) is 17.7. The van der Waals surface area contributed by atoms with Gasteiger partial charge in [-0.15, -0.1) is 0 Å². The van der Waals surface area contributed by atoms with E-state index in [1.807, 2.05) is 37.3 Å². The van der Waals surface area contributed by atoms with E-state index in [-0.39, 0.29) is 19.6 Å². The van der Waals surface area contributed by atoms with Gasteiger partial charge in [0.2, 0.25) is 5.91 Å². The lowest BCUT2D eigenvalue weighted by Crippen LogP contribution is -2.44. The first-order valence-corrected chi connectivity index (χ1v) is 10.0. The van der Waals surface area contributed by atoms with E-state index in [2.05, 4.69) is 19.8 Å². The topological polar surface area (TPSA) is 152 Å². The Balaban J connectivity index is 1.72. The maximum absolute atomic E-state index is 12.1. The molecule has 1 aromatic carbocycles. The van der Waals surface area contributed by atoms with Gasteiger partial charge in [-0.05, 0) is 12.0 Å². The number of ether oxygens (including phenoxy) is 3. The summed E-state index contributed by atoms with van der Waals surface area (Å²) in [5, 5.41) is 2.27. The Morgan fingerprint density at radius 3 is 2.62 bits per heavy atom. The standard InChI is InChI=1S/C21H26N4O7/c1-2-3-9-30-21(29)32-18(26)11-23-19(27)17(22)10-16-12-25(14-24-16)20(28)31-13-15-7-5-4-6-8-15/h4-8,12,14,17H,2-3,9-11,13,22H2,1H3,(H,23,27)/t17-/m0/s1. The predicted octanol–water partition coefficient (Wildman–Crippen LogP) is 1.53. The Morgan fingerprint density at radius 2 is 1.91 bits per heavy atom. The van der Waals surface area contributed by atoms with Crippen LogP contribution >= 0.6 is 0 Å². The number of amides is 1. The number of unbranched alkanes of at least 4 members (excludes halogenated alkanes) is 1. The number of benzene rings is 1. The number of carbonyl (C=O) groups excluding carboxylic acids is 4. The number of esters is 1. The van der Waals surface area contributed by atoms with Crippen molar-refractivity contribution in [2.45, 2.75) is 38.8 Å². The maximum atomic E-state index is 12.1. The van der Waals surface area contributed by atoms with Crippen LogP contribution in [0.15, 0.2) is 42.9 Å². The van der Waals surface area contributed by atoms with Crippen molar-refractivity contribution in [3.63, 3.8) is 0 Å². The molecule has 0 unspecified atom stereocenters. The van der Waals surface area contributed by atoms with Gasteiger partial charge in [0.05, 0.1) is 18.3 Å². The molecule has 1 atom stereocenters. The fourth-order valence-electron chi connectivity index (χ4n) is 2.43. The van der Waals surface area contributed by atoms with Crippen LogP contribution < -0.4 is 11.1 Å². The Labute approximate surface area is 184 Å². The molecule has 0 aliphatic heterocycles. The van der Waals surface area contributed by atoms with Crippen molar-refractivity contribution in [1.82, 2.24) is 14.9 Å². The minimum Gasteiger partial charge on any atom is -0.444 e. The van der Waals surface area contributed by atoms with Crippen molar-refractivity contribution >= 4 is 24.1 Å². The number of hydrogen-bond acceptors (Lipinski definition) is 9. The van der Waals surface area contributed by atoms with Crippen LogP contribution in [0.5, 0.6) is 0 Å². The van der Waals surface area contributed by atoms with E-state index < -0.39 is 36.7 Å². The fourth-order valence-corrected chi connectivity index (χ4v) is 2.43. The average Bonchev–Trinajstić information content (AvgIpc) is 3.25. The molecule has 0 radical (unpaired) electrons. The quantitative estimate of drug-likeness (QED) is 0.314. The van der Waals surface area contributed by atoms with Crippen LogP contribution in [-0.2, 0) is 36.8 Å². The van der Waals surface area contributed by atoms with Gasteiger partial charge in [0, 0.05) is 12.6 Å². The van der Waals surface area contributed by atoms with Crippen LogP contribution in [0, 0.1) is 0 Å². The Hall–Kier alpha value is -3.73. The number of nitrogens with one attached hydrogen (secondary N) is 1. The number of aromatic nitrogens is 2. The average molecular weight is 446 g/mol. The zero-order chi connectivity index (χ0) is 23.3. The van der Waals surface area contributed by atoms with Crippen molar-refractivity contribution in [2.24, 2.45) is 5.73 Å². The molecule has 11 nitrogen and oxygen atoms in total. The highest BCUT2D eigenvalue weighted by molar-refractivity contribution is 5.88. The summed E-state index contributed by atoms with van der Waals surface area (Å²) in [7, 11) is 0. The van der Waals surface area contributed by atoms with Gasteiger partial charge in [0.15, 0.2) is 0 Å². The molecule has 0 saturated heterocycles. The smallest absolute Gasteiger partial charge is 0.444 e. The van der Waals surface area contributed by atoms with E-state index in [0.29, 0.717) is 12.1 Å². The second-order valence-corrected chi connectivity index (χ2v) is 6.77. The molecule has 172 valence electrons. The fraction of sp³-hybridized carbons (Fsp3) is 0.381. The molecule has 1 amide bonds. The normalized spacial score (nSPS) is 11.3. The highest BCUT2D eigenvalue weighted by Gasteiger charge is 2.19. The van der Waals surface area contributed by atoms with Crippen molar-refractivity contribution in [3.05, 3.63) is 54.1 Å². The minimum absolute atomic E-state index is 0.0128. The van der Waals surface area contributed by atoms with E-state index in [1.54, 1.807) is 0 Å². The number of imidazole rings is 1. The molecule has 2 aromatic rings. The molecule has 1 aromatic heterocycles. The summed E-state index contributed by atoms with van der Waals surface area (Å²) in [6.07, 6.45) is 2.40. The number of hydrogen-bond donors (Lipinski definition) is 2. The molecule has 0 aliphatic rings. The van der Waals surface area contributed by atoms with E-state index in [0.717, 1.165) is 16.6 Å². The van der Waals surface area contributed by atoms with Crippen LogP contribution in [0.4, 0.5) is 9.59 Å². The first kappa shape index (κ1) is 24.5. The molecular formula is C21H26N4O7. The Morgan fingerprint density at radius 1 is 1.16 bits per heavy atom. The SMILES string of the molecule is CCCCOC(=O)OC(=O)CNC(=O)[C@@H](N)Cc1cn(C(=O)OCc2ccccc2)cn1. The third-order valence-electron chi connectivity index (χ3n) is 4.14. The summed E-state index contributed by atoms with van der Waals surface area (Å²) in [6, 6.07) is 8.15. The summed E-state index contributed by atoms with van der Waals surface area (Å²) < 4.78 is 15.4. The third-order valence-corrected chi connectivity index (χ3v) is 4.14. The summed E-state index contributed by atoms with van der Waals surface area (Å²) in [5.74, 6) is -1.63. The van der Waals surface area contributed by atoms with Gasteiger partial charge in [-0.1, -0.05) is 43.7 Å². The van der Waals surface area contributed by atoms with Crippen LogP contribution in [0.3, 0.4) is 0 Å². The molecule has 0 bridgehead atoms. The summed E-state index contributed by atoms with van der Waals surface area (Å²) in [6.45, 7) is 1.63. The second kappa shape index (κ2) is 12.8. The minimum atomic E-state index is -1.12. The zero-order valence-corrected chi connectivity index (χ0v) is 17.7. The van der Waals surface area contributed by atoms with Crippen molar-refractivity contribution in [1.29, 1.82) is 0 Å². The number of nitrogens with zero attached hydrogens (tertiary/aromatic N) is 2. The van der Waals surface area contributed by atoms with Crippen LogP contribution in [0.2, 0.25) is 0 Å². The predicted molar refractivity (Wildman–Crippen MR) is 111 cm³/mol. The molecule has 1 heterocycles. The number of nitrogens with two attached hydrogens (primary N) is 1. The van der Waals surface area contributed by atoms with Gasteiger partial charge < -0.3 is 25.3 Å². The molecular weight excluding hydrogens is 420 g/mol. The lowest BCUT2D eigenvalue weighted by molar-refractivity contribution is -0.140. The van der Waals surface area contributed by atoms with Gasteiger partial charge in [0.1, 0.15) is 19.5 Å². The largest absolute Gasteiger partial charge is 0.516 e. The second-order valence-electron chi connectivity index (χ2n) is 6.77.